The number of hydrogen-bond donors (Lipinski definition) is 0. The second-order valence-electron chi connectivity index (χ2n) is 7.26. The fourth-order valence-electron chi connectivity index (χ4n) is 2.93. The van der Waals surface area contributed by atoms with Crippen molar-refractivity contribution in [1.82, 2.24) is 0 Å². The normalized spacial score (nSPS) is 10.8. The second-order valence-corrected chi connectivity index (χ2v) is 8.47. The molecule has 0 bridgehead atoms. The molecule has 0 aliphatic carbocycles. The van der Waals surface area contributed by atoms with Gasteiger partial charge in [0.05, 0.1) is 0 Å². The average Bonchev–Trinajstić information content (AvgIpc) is 2.76. The van der Waals surface area contributed by atoms with Crippen LogP contribution >= 0.6 is 8.58 Å². The minimum Gasteiger partial charge on any atom is -0.489 e. The number of para-hydroxylation sites is 2. The third kappa shape index (κ3) is 7.33. The van der Waals surface area contributed by atoms with Crippen LogP contribution in [-0.2, 0) is 13.2 Å². The first-order valence-electron chi connectivity index (χ1n) is 9.88. The summed E-state index contributed by atoms with van der Waals surface area (Å²) in [6, 6.07) is 25.3. The molecule has 0 N–H and O–H groups in total. The van der Waals surface area contributed by atoms with E-state index in [0.29, 0.717) is 19.1 Å². The Labute approximate surface area is 193 Å². The first kappa shape index (κ1) is 24.2. The molecule has 3 nitrogen and oxygen atoms in total. The Morgan fingerprint density at radius 2 is 1.23 bits per heavy atom. The average molecular weight is 413 g/mol. The molecule has 0 aromatic heterocycles. The van der Waals surface area contributed by atoms with Crippen LogP contribution < -0.4 is 9.47 Å². The van der Waals surface area contributed by atoms with Crippen LogP contribution in [0.4, 0.5) is 0 Å². The van der Waals surface area contributed by atoms with Crippen molar-refractivity contribution in [3.8, 4) is 11.5 Å². The van der Waals surface area contributed by atoms with Gasteiger partial charge in [-0.3, -0.25) is 4.79 Å². The predicted molar refractivity (Wildman–Crippen MR) is 126 cm³/mol. The molecule has 0 amide bonds. The van der Waals surface area contributed by atoms with Crippen molar-refractivity contribution in [3.05, 3.63) is 95.6 Å². The van der Waals surface area contributed by atoms with Gasteiger partial charge >= 0.3 is 0 Å². The largest absolute Gasteiger partial charge is 0.489 e. The molecule has 0 aliphatic heterocycles. The fraction of sp³-hybridized carbons (Fsp3) is 0.240. The molecule has 30 heavy (non-hydrogen) atoms. The van der Waals surface area contributed by atoms with Crippen molar-refractivity contribution in [3.63, 3.8) is 0 Å². The van der Waals surface area contributed by atoms with Crippen molar-refractivity contribution in [2.45, 2.75) is 27.1 Å². The molecule has 3 rings (SSSR count). The number of benzene rings is 3. The molecule has 3 aromatic carbocycles. The second kappa shape index (κ2) is 12.6. The summed E-state index contributed by atoms with van der Waals surface area (Å²) in [7, 11) is 0.248. The number of ether oxygens (including phenoxy) is 2. The van der Waals surface area contributed by atoms with Gasteiger partial charge in [-0.1, -0.05) is 68.4 Å². The maximum atomic E-state index is 13.1. The van der Waals surface area contributed by atoms with Gasteiger partial charge in [0.25, 0.3) is 0 Å². The number of rotatable bonds is 10. The van der Waals surface area contributed by atoms with Crippen molar-refractivity contribution in [2.75, 3.05) is 6.16 Å². The monoisotopic (exact) mass is 413 g/mol. The number of carbonyl (C=O) groups is 1. The van der Waals surface area contributed by atoms with Gasteiger partial charge < -0.3 is 9.47 Å². The van der Waals surface area contributed by atoms with E-state index >= 15 is 0 Å². The Morgan fingerprint density at radius 3 is 1.67 bits per heavy atom. The smallest absolute Gasteiger partial charge is 0.181 e. The molecule has 0 aliphatic rings. The van der Waals surface area contributed by atoms with E-state index in [1.54, 1.807) is 0 Å². The van der Waals surface area contributed by atoms with E-state index in [-0.39, 0.29) is 33.0 Å². The van der Waals surface area contributed by atoms with E-state index in [9.17, 15) is 4.79 Å². The molecule has 1 radical (unpaired) electrons. The summed E-state index contributed by atoms with van der Waals surface area (Å²) in [4.78, 5) is 13.1. The summed E-state index contributed by atoms with van der Waals surface area (Å²) < 4.78 is 11.9. The molecule has 151 valence electrons. The predicted octanol–water partition coefficient (Wildman–Crippen LogP) is 5.94. The van der Waals surface area contributed by atoms with Gasteiger partial charge in [0.2, 0.25) is 0 Å². The maximum absolute atomic E-state index is 13.1. The Bertz CT molecular complexity index is 852. The summed E-state index contributed by atoms with van der Waals surface area (Å²) in [6.07, 6.45) is 0.895. The fourth-order valence-corrected chi connectivity index (χ4v) is 4.02. The van der Waals surface area contributed by atoms with Gasteiger partial charge in [0.1, 0.15) is 24.7 Å². The first-order valence-corrected chi connectivity index (χ1v) is 11.1. The van der Waals surface area contributed by atoms with E-state index in [1.807, 2.05) is 78.9 Å². The van der Waals surface area contributed by atoms with Crippen LogP contribution in [0, 0.1) is 5.92 Å². The minimum atomic E-state index is 0. The Kier molecular flexibility index (Phi) is 10.2. The summed E-state index contributed by atoms with van der Waals surface area (Å²) >= 11 is 0. The minimum absolute atomic E-state index is 0. The number of carbonyl (C=O) groups excluding carboxylic acids is 1. The van der Waals surface area contributed by atoms with E-state index in [2.05, 4.69) is 13.8 Å². The van der Waals surface area contributed by atoms with Gasteiger partial charge in [-0.25, -0.2) is 0 Å². The van der Waals surface area contributed by atoms with E-state index in [1.165, 1.54) is 0 Å². The molecule has 0 heterocycles. The molecule has 5 heteroatoms. The van der Waals surface area contributed by atoms with Gasteiger partial charge in [0.15, 0.2) is 5.52 Å². The Hall–Kier alpha value is -2.04. The van der Waals surface area contributed by atoms with Gasteiger partial charge in [-0.05, 0) is 44.9 Å². The zero-order valence-electron chi connectivity index (χ0n) is 17.9. The van der Waals surface area contributed by atoms with Gasteiger partial charge in [-0.15, -0.1) is 0 Å². The van der Waals surface area contributed by atoms with E-state index in [0.717, 1.165) is 34.4 Å². The van der Waals surface area contributed by atoms with Crippen LogP contribution in [-0.4, -0.2) is 30.5 Å². The van der Waals surface area contributed by atoms with Crippen LogP contribution in [0.2, 0.25) is 0 Å². The molecule has 3 aromatic rings. The van der Waals surface area contributed by atoms with Crippen molar-refractivity contribution in [2.24, 2.45) is 5.92 Å². The molecular formula is C25H27LiO3P. The van der Waals surface area contributed by atoms with Gasteiger partial charge in [0, 0.05) is 35.6 Å². The summed E-state index contributed by atoms with van der Waals surface area (Å²) in [5.74, 6) is 2.08. The third-order valence-electron chi connectivity index (χ3n) is 4.41. The molecule has 0 saturated heterocycles. The van der Waals surface area contributed by atoms with E-state index < -0.39 is 0 Å². The van der Waals surface area contributed by atoms with Crippen LogP contribution in [0.1, 0.15) is 35.3 Å². The molecule has 1 atom stereocenters. The van der Waals surface area contributed by atoms with Crippen molar-refractivity contribution in [1.29, 1.82) is 0 Å². The standard InChI is InChI=1S/C25H27O3P.Li/c1-19(2)18-29-25(26)24-20(16-27-22-12-5-3-6-13-22)10-9-11-21(24)17-28-23-14-7-4-8-15-23;/h3-15,19,29H,16-18H2,1-2H3;. The quantitative estimate of drug-likeness (QED) is 0.305. The summed E-state index contributed by atoms with van der Waals surface area (Å²) in [5.41, 5.74) is 2.74. The van der Waals surface area contributed by atoms with Crippen molar-refractivity contribution < 1.29 is 14.3 Å². The SMILES string of the molecule is CC(C)CPC(=O)c1c(COc2ccccc2)cccc1COc1ccccc1.[Li]. The molecule has 0 fully saturated rings. The number of hydrogen-bond acceptors (Lipinski definition) is 3. The summed E-state index contributed by atoms with van der Waals surface area (Å²) in [5, 5.41) is 0. The zero-order valence-corrected chi connectivity index (χ0v) is 18.9. The topological polar surface area (TPSA) is 35.5 Å². The van der Waals surface area contributed by atoms with Crippen LogP contribution in [0.25, 0.3) is 0 Å². The van der Waals surface area contributed by atoms with Crippen LogP contribution in [0.3, 0.4) is 0 Å². The van der Waals surface area contributed by atoms with Crippen LogP contribution in [0.5, 0.6) is 11.5 Å². The molecule has 0 saturated carbocycles. The van der Waals surface area contributed by atoms with E-state index in [4.69, 9.17) is 9.47 Å². The molecular weight excluding hydrogens is 386 g/mol. The van der Waals surface area contributed by atoms with Crippen LogP contribution in [0.15, 0.2) is 78.9 Å². The molecule has 0 spiro atoms. The Balaban J connectivity index is 0.00000320. The summed E-state index contributed by atoms with van der Waals surface area (Å²) in [6.45, 7) is 5.00. The Morgan fingerprint density at radius 1 is 0.767 bits per heavy atom. The van der Waals surface area contributed by atoms with Crippen molar-refractivity contribution >= 4 is 33.0 Å². The zero-order chi connectivity index (χ0) is 20.5. The maximum Gasteiger partial charge on any atom is 0.181 e. The first-order chi connectivity index (χ1) is 14.1. The molecule has 1 unspecified atom stereocenters. The van der Waals surface area contributed by atoms with Gasteiger partial charge in [-0.2, -0.15) is 0 Å². The third-order valence-corrected chi connectivity index (χ3v) is 6.00.